The van der Waals surface area contributed by atoms with Gasteiger partial charge in [-0.3, -0.25) is 4.79 Å². The van der Waals surface area contributed by atoms with Crippen molar-refractivity contribution in [3.8, 4) is 0 Å². The molecule has 0 saturated heterocycles. The van der Waals surface area contributed by atoms with E-state index in [1.165, 1.54) is 18.2 Å². The van der Waals surface area contributed by atoms with E-state index in [0.717, 1.165) is 22.4 Å². The summed E-state index contributed by atoms with van der Waals surface area (Å²) in [5, 5.41) is 9.26. The number of rotatable bonds is 4. The van der Waals surface area contributed by atoms with Gasteiger partial charge in [0.1, 0.15) is 5.82 Å². The number of fused-ring (bicyclic) bond motifs is 1. The summed E-state index contributed by atoms with van der Waals surface area (Å²) < 4.78 is 13.7. The van der Waals surface area contributed by atoms with Crippen LogP contribution in [0.25, 0.3) is 11.0 Å². The Morgan fingerprint density at radius 3 is 2.31 bits per heavy atom. The van der Waals surface area contributed by atoms with Gasteiger partial charge in [-0.25, -0.2) is 9.37 Å². The lowest BCUT2D eigenvalue weighted by molar-refractivity contribution is 0.102. The summed E-state index contributed by atoms with van der Waals surface area (Å²) in [6.07, 6.45) is 1.64. The van der Waals surface area contributed by atoms with Gasteiger partial charge in [0.25, 0.3) is 5.91 Å². The first-order chi connectivity index (χ1) is 14.1. The number of thiocarbonyl (C=S) groups is 1. The molecule has 4 rings (SSSR count). The SMILES string of the molecule is O=C(Nc1ccc(NC(=S)Nc2ccc3[nH]cnc3c2)cc1)c1ccccc1F. The fraction of sp³-hybridized carbons (Fsp3) is 0. The van der Waals surface area contributed by atoms with E-state index in [9.17, 15) is 9.18 Å². The number of hydrogen-bond donors (Lipinski definition) is 4. The number of aromatic amines is 1. The average molecular weight is 405 g/mol. The molecule has 0 saturated carbocycles. The van der Waals surface area contributed by atoms with Crippen LogP contribution in [0, 0.1) is 5.82 Å². The van der Waals surface area contributed by atoms with E-state index < -0.39 is 11.7 Å². The van der Waals surface area contributed by atoms with Crippen LogP contribution >= 0.6 is 12.2 Å². The summed E-state index contributed by atoms with van der Waals surface area (Å²) in [4.78, 5) is 19.4. The second-order valence-corrected chi connectivity index (χ2v) is 6.63. The average Bonchev–Trinajstić information content (AvgIpc) is 3.17. The van der Waals surface area contributed by atoms with Crippen LogP contribution in [0.3, 0.4) is 0 Å². The zero-order valence-electron chi connectivity index (χ0n) is 15.1. The zero-order chi connectivity index (χ0) is 20.2. The van der Waals surface area contributed by atoms with Gasteiger partial charge in [0, 0.05) is 17.1 Å². The molecule has 0 fully saturated rings. The van der Waals surface area contributed by atoms with E-state index in [1.54, 1.807) is 36.7 Å². The van der Waals surface area contributed by atoms with Crippen molar-refractivity contribution in [1.82, 2.24) is 9.97 Å². The molecule has 0 radical (unpaired) electrons. The van der Waals surface area contributed by atoms with Gasteiger partial charge < -0.3 is 20.9 Å². The number of nitrogens with one attached hydrogen (secondary N) is 4. The lowest BCUT2D eigenvalue weighted by atomic mass is 10.2. The van der Waals surface area contributed by atoms with Crippen LogP contribution in [0.5, 0.6) is 0 Å². The quantitative estimate of drug-likeness (QED) is 0.368. The summed E-state index contributed by atoms with van der Waals surface area (Å²) in [7, 11) is 0. The van der Waals surface area contributed by atoms with Crippen molar-refractivity contribution in [3.05, 3.63) is 84.4 Å². The minimum atomic E-state index is -0.562. The van der Waals surface area contributed by atoms with E-state index in [4.69, 9.17) is 12.2 Å². The Morgan fingerprint density at radius 1 is 0.897 bits per heavy atom. The monoisotopic (exact) mass is 405 g/mol. The number of nitrogens with zero attached hydrogens (tertiary/aromatic N) is 1. The van der Waals surface area contributed by atoms with Gasteiger partial charge in [0.2, 0.25) is 0 Å². The highest BCUT2D eigenvalue weighted by molar-refractivity contribution is 7.80. The molecule has 4 aromatic rings. The predicted octanol–water partition coefficient (Wildman–Crippen LogP) is 4.76. The molecule has 8 heteroatoms. The number of benzene rings is 3. The van der Waals surface area contributed by atoms with Crippen molar-refractivity contribution in [1.29, 1.82) is 0 Å². The van der Waals surface area contributed by atoms with Crippen LogP contribution in [0.2, 0.25) is 0 Å². The Kier molecular flexibility index (Phi) is 5.17. The van der Waals surface area contributed by atoms with Gasteiger partial charge in [-0.1, -0.05) is 12.1 Å². The molecule has 0 aliphatic carbocycles. The second kappa shape index (κ2) is 8.07. The van der Waals surface area contributed by atoms with Crippen LogP contribution in [0.1, 0.15) is 10.4 Å². The molecule has 1 amide bonds. The fourth-order valence-electron chi connectivity index (χ4n) is 2.78. The van der Waals surface area contributed by atoms with Crippen molar-refractivity contribution < 1.29 is 9.18 Å². The first-order valence-corrected chi connectivity index (χ1v) is 9.16. The molecule has 1 aromatic heterocycles. The van der Waals surface area contributed by atoms with Crippen LogP contribution in [0.15, 0.2) is 73.1 Å². The number of carbonyl (C=O) groups is 1. The predicted molar refractivity (Wildman–Crippen MR) is 117 cm³/mol. The Bertz CT molecular complexity index is 1190. The minimum Gasteiger partial charge on any atom is -0.345 e. The summed E-state index contributed by atoms with van der Waals surface area (Å²) in [5.41, 5.74) is 3.89. The molecule has 0 atom stereocenters. The van der Waals surface area contributed by atoms with Gasteiger partial charge in [-0.05, 0) is 66.8 Å². The van der Waals surface area contributed by atoms with Gasteiger partial charge in [-0.2, -0.15) is 0 Å². The Balaban J connectivity index is 1.36. The van der Waals surface area contributed by atoms with Crippen LogP contribution < -0.4 is 16.0 Å². The molecule has 144 valence electrons. The van der Waals surface area contributed by atoms with E-state index in [0.29, 0.717) is 10.8 Å². The molecule has 1 heterocycles. The zero-order valence-corrected chi connectivity index (χ0v) is 15.9. The molecular formula is C21H16FN5OS. The van der Waals surface area contributed by atoms with E-state index in [-0.39, 0.29) is 5.56 Å². The molecule has 0 bridgehead atoms. The lowest BCUT2D eigenvalue weighted by Gasteiger charge is -2.11. The molecule has 0 aliphatic rings. The van der Waals surface area contributed by atoms with Gasteiger partial charge in [0.05, 0.1) is 22.9 Å². The number of halogens is 1. The van der Waals surface area contributed by atoms with Crippen LogP contribution in [-0.2, 0) is 0 Å². The fourth-order valence-corrected chi connectivity index (χ4v) is 3.02. The molecular weight excluding hydrogens is 389 g/mol. The number of aromatic nitrogens is 2. The number of carbonyl (C=O) groups excluding carboxylic acids is 1. The van der Waals surface area contributed by atoms with Crippen LogP contribution in [0.4, 0.5) is 21.5 Å². The Hall–Kier alpha value is -3.78. The highest BCUT2D eigenvalue weighted by Gasteiger charge is 2.11. The first-order valence-electron chi connectivity index (χ1n) is 8.75. The van der Waals surface area contributed by atoms with Crippen molar-refractivity contribution in [2.75, 3.05) is 16.0 Å². The third-order valence-electron chi connectivity index (χ3n) is 4.20. The maximum atomic E-state index is 13.7. The summed E-state index contributed by atoms with van der Waals surface area (Å²) in [6, 6.07) is 18.5. The Labute approximate surface area is 171 Å². The topological polar surface area (TPSA) is 81.8 Å². The molecule has 4 N–H and O–H groups in total. The highest BCUT2D eigenvalue weighted by Crippen LogP contribution is 2.18. The second-order valence-electron chi connectivity index (χ2n) is 6.22. The summed E-state index contributed by atoms with van der Waals surface area (Å²) in [6.45, 7) is 0. The van der Waals surface area contributed by atoms with Crippen LogP contribution in [-0.4, -0.2) is 21.0 Å². The van der Waals surface area contributed by atoms with Crippen molar-refractivity contribution in [2.45, 2.75) is 0 Å². The normalized spacial score (nSPS) is 10.5. The first kappa shape index (κ1) is 18.6. The van der Waals surface area contributed by atoms with Crippen molar-refractivity contribution in [3.63, 3.8) is 0 Å². The number of amides is 1. The number of imidazole rings is 1. The van der Waals surface area contributed by atoms with Gasteiger partial charge in [0.15, 0.2) is 5.11 Å². The molecule has 0 spiro atoms. The summed E-state index contributed by atoms with van der Waals surface area (Å²) in [5.74, 6) is -1.07. The smallest absolute Gasteiger partial charge is 0.258 e. The third-order valence-corrected chi connectivity index (χ3v) is 4.40. The van der Waals surface area contributed by atoms with E-state index in [1.807, 2.05) is 18.2 Å². The standard InChI is InChI=1S/C21H16FN5OS/c22-17-4-2-1-3-16(17)20(28)25-13-5-7-14(8-6-13)26-21(29)27-15-9-10-18-19(11-15)24-12-23-18/h1-12H,(H,23,24)(H,25,28)(H2,26,27,29). The molecule has 0 aliphatic heterocycles. The van der Waals surface area contributed by atoms with Gasteiger partial charge >= 0.3 is 0 Å². The lowest BCUT2D eigenvalue weighted by Crippen LogP contribution is -2.19. The van der Waals surface area contributed by atoms with Crippen molar-refractivity contribution >= 4 is 51.3 Å². The number of hydrogen-bond acceptors (Lipinski definition) is 3. The molecule has 3 aromatic carbocycles. The maximum Gasteiger partial charge on any atom is 0.258 e. The largest absolute Gasteiger partial charge is 0.345 e. The van der Waals surface area contributed by atoms with E-state index >= 15 is 0 Å². The molecule has 6 nitrogen and oxygen atoms in total. The highest BCUT2D eigenvalue weighted by atomic mass is 32.1. The minimum absolute atomic E-state index is 0.00559. The Morgan fingerprint density at radius 2 is 1.55 bits per heavy atom. The summed E-state index contributed by atoms with van der Waals surface area (Å²) >= 11 is 5.34. The third kappa shape index (κ3) is 4.39. The number of anilines is 3. The maximum absolute atomic E-state index is 13.7. The number of H-pyrrole nitrogens is 1. The van der Waals surface area contributed by atoms with E-state index in [2.05, 4.69) is 25.9 Å². The van der Waals surface area contributed by atoms with Gasteiger partial charge in [-0.15, -0.1) is 0 Å². The molecule has 29 heavy (non-hydrogen) atoms. The molecule has 0 unspecified atom stereocenters. The van der Waals surface area contributed by atoms with Crippen molar-refractivity contribution in [2.24, 2.45) is 0 Å².